The number of nitrogens with one attached hydrogen (secondary N) is 1. The fraction of sp³-hybridized carbons (Fsp3) is 0.625. The van der Waals surface area contributed by atoms with Crippen molar-refractivity contribution in [2.24, 2.45) is 0 Å². The molecule has 0 bridgehead atoms. The summed E-state index contributed by atoms with van der Waals surface area (Å²) in [5.74, 6) is 1.56. The van der Waals surface area contributed by atoms with E-state index in [1.807, 2.05) is 12.1 Å². The van der Waals surface area contributed by atoms with Gasteiger partial charge in [0.15, 0.2) is 11.5 Å². The second kappa shape index (κ2) is 12.0. The molecule has 134 valence electrons. The summed E-state index contributed by atoms with van der Waals surface area (Å²) in [7, 11) is 1.66. The van der Waals surface area contributed by atoms with E-state index in [2.05, 4.69) is 17.1 Å². The average molecular weight is 386 g/mol. The lowest BCUT2D eigenvalue weighted by Gasteiger charge is -2.22. The van der Waals surface area contributed by atoms with Gasteiger partial charge in [0.2, 0.25) is 0 Å². The molecule has 1 aliphatic heterocycles. The van der Waals surface area contributed by atoms with Gasteiger partial charge in [0, 0.05) is 36.3 Å². The van der Waals surface area contributed by atoms with E-state index in [4.69, 9.17) is 21.1 Å². The lowest BCUT2D eigenvalue weighted by molar-refractivity contribution is 0.261. The van der Waals surface area contributed by atoms with Gasteiger partial charge in [-0.15, -0.1) is 24.8 Å². The Morgan fingerprint density at radius 1 is 1.22 bits per heavy atom. The van der Waals surface area contributed by atoms with Crippen molar-refractivity contribution in [3.8, 4) is 11.5 Å². The molecule has 1 aliphatic rings. The van der Waals surface area contributed by atoms with E-state index < -0.39 is 0 Å². The summed E-state index contributed by atoms with van der Waals surface area (Å²) >= 11 is 6.22. The maximum atomic E-state index is 6.22. The molecule has 1 aromatic carbocycles. The molecule has 2 rings (SSSR count). The Morgan fingerprint density at radius 2 is 2.00 bits per heavy atom. The Labute approximate surface area is 156 Å². The predicted octanol–water partition coefficient (Wildman–Crippen LogP) is 3.78. The number of halogens is 3. The molecule has 0 saturated carbocycles. The van der Waals surface area contributed by atoms with E-state index in [1.165, 1.54) is 6.42 Å². The number of ether oxygens (including phenoxy) is 2. The molecule has 0 unspecified atom stereocenters. The highest BCUT2D eigenvalue weighted by molar-refractivity contribution is 6.30. The van der Waals surface area contributed by atoms with Crippen molar-refractivity contribution < 1.29 is 9.47 Å². The fourth-order valence-corrected chi connectivity index (χ4v) is 2.79. The standard InChI is InChI=1S/C16H25ClN2O2.2ClH/c1-3-9-21-16-13(10-14(17)11-15(16)20-2)12-19-7-4-5-18-6-8-19;;/h10-11,18H,3-9,12H2,1-2H3;2*1H. The van der Waals surface area contributed by atoms with Crippen molar-refractivity contribution in [3.63, 3.8) is 0 Å². The zero-order chi connectivity index (χ0) is 15.1. The van der Waals surface area contributed by atoms with Crippen LogP contribution in [0.4, 0.5) is 0 Å². The van der Waals surface area contributed by atoms with Crippen LogP contribution >= 0.6 is 36.4 Å². The van der Waals surface area contributed by atoms with Gasteiger partial charge in [-0.2, -0.15) is 0 Å². The summed E-state index contributed by atoms with van der Waals surface area (Å²) in [4.78, 5) is 2.43. The molecule has 0 spiro atoms. The molecular weight excluding hydrogens is 359 g/mol. The number of hydrogen-bond donors (Lipinski definition) is 1. The van der Waals surface area contributed by atoms with Gasteiger partial charge in [0.25, 0.3) is 0 Å². The highest BCUT2D eigenvalue weighted by atomic mass is 35.5. The molecule has 0 atom stereocenters. The molecule has 1 saturated heterocycles. The third kappa shape index (κ3) is 6.94. The van der Waals surface area contributed by atoms with Crippen molar-refractivity contribution in [1.29, 1.82) is 0 Å². The SMILES string of the molecule is CCCOc1c(CN2CCCNCC2)cc(Cl)cc1OC.Cl.Cl. The van der Waals surface area contributed by atoms with Crippen molar-refractivity contribution >= 4 is 36.4 Å². The zero-order valence-electron chi connectivity index (χ0n) is 13.8. The molecule has 1 fully saturated rings. The first kappa shape index (κ1) is 22.6. The Balaban J connectivity index is 0.00000242. The number of nitrogens with zero attached hydrogens (tertiary/aromatic N) is 1. The van der Waals surface area contributed by atoms with Gasteiger partial charge in [0.05, 0.1) is 13.7 Å². The Kier molecular flexibility index (Phi) is 11.8. The third-order valence-corrected chi connectivity index (χ3v) is 3.81. The van der Waals surface area contributed by atoms with Crippen LogP contribution in [-0.4, -0.2) is 44.8 Å². The van der Waals surface area contributed by atoms with Crippen molar-refractivity contribution in [3.05, 3.63) is 22.7 Å². The lowest BCUT2D eigenvalue weighted by atomic mass is 10.1. The minimum atomic E-state index is 0. The van der Waals surface area contributed by atoms with Gasteiger partial charge in [0.1, 0.15) is 0 Å². The second-order valence-electron chi connectivity index (χ2n) is 5.32. The largest absolute Gasteiger partial charge is 0.493 e. The van der Waals surface area contributed by atoms with E-state index >= 15 is 0 Å². The van der Waals surface area contributed by atoms with Gasteiger partial charge in [-0.3, -0.25) is 4.90 Å². The highest BCUT2D eigenvalue weighted by Gasteiger charge is 2.16. The minimum Gasteiger partial charge on any atom is -0.493 e. The average Bonchev–Trinajstić information content (AvgIpc) is 2.74. The topological polar surface area (TPSA) is 33.7 Å². The van der Waals surface area contributed by atoms with Crippen LogP contribution < -0.4 is 14.8 Å². The Hall–Kier alpha value is -0.390. The van der Waals surface area contributed by atoms with Crippen LogP contribution in [-0.2, 0) is 6.54 Å². The molecule has 23 heavy (non-hydrogen) atoms. The lowest BCUT2D eigenvalue weighted by Crippen LogP contribution is -2.28. The monoisotopic (exact) mass is 384 g/mol. The van der Waals surface area contributed by atoms with Crippen LogP contribution in [0.25, 0.3) is 0 Å². The first-order valence-corrected chi connectivity index (χ1v) is 8.04. The number of hydrogen-bond acceptors (Lipinski definition) is 4. The second-order valence-corrected chi connectivity index (χ2v) is 5.76. The summed E-state index contributed by atoms with van der Waals surface area (Å²) in [5.41, 5.74) is 1.11. The van der Waals surface area contributed by atoms with Gasteiger partial charge in [-0.1, -0.05) is 18.5 Å². The van der Waals surface area contributed by atoms with Gasteiger partial charge >= 0.3 is 0 Å². The normalized spacial score (nSPS) is 15.1. The summed E-state index contributed by atoms with van der Waals surface area (Å²) < 4.78 is 11.3. The zero-order valence-corrected chi connectivity index (χ0v) is 16.2. The summed E-state index contributed by atoms with van der Waals surface area (Å²) in [6, 6.07) is 3.81. The van der Waals surface area contributed by atoms with Crippen molar-refractivity contribution in [2.45, 2.75) is 26.3 Å². The number of rotatable bonds is 6. The van der Waals surface area contributed by atoms with Crippen molar-refractivity contribution in [1.82, 2.24) is 10.2 Å². The maximum Gasteiger partial charge on any atom is 0.165 e. The molecule has 0 amide bonds. The smallest absolute Gasteiger partial charge is 0.165 e. The Morgan fingerprint density at radius 3 is 2.70 bits per heavy atom. The number of methoxy groups -OCH3 is 1. The van der Waals surface area contributed by atoms with Gasteiger partial charge in [-0.05, 0) is 32.0 Å². The quantitative estimate of drug-likeness (QED) is 0.808. The third-order valence-electron chi connectivity index (χ3n) is 3.59. The molecular formula is C16H27Cl3N2O2. The molecule has 1 heterocycles. The molecule has 4 nitrogen and oxygen atoms in total. The van der Waals surface area contributed by atoms with E-state index in [9.17, 15) is 0 Å². The van der Waals surface area contributed by atoms with Crippen LogP contribution in [0.5, 0.6) is 11.5 Å². The van der Waals surface area contributed by atoms with Crippen LogP contribution in [0.2, 0.25) is 5.02 Å². The molecule has 1 N–H and O–H groups in total. The fourth-order valence-electron chi connectivity index (χ4n) is 2.56. The first-order chi connectivity index (χ1) is 10.2. The van der Waals surface area contributed by atoms with E-state index in [-0.39, 0.29) is 24.8 Å². The van der Waals surface area contributed by atoms with Crippen LogP contribution in [0.15, 0.2) is 12.1 Å². The summed E-state index contributed by atoms with van der Waals surface area (Å²) in [6.07, 6.45) is 2.14. The minimum absolute atomic E-state index is 0. The molecule has 7 heteroatoms. The molecule has 0 aromatic heterocycles. The summed E-state index contributed by atoms with van der Waals surface area (Å²) in [5, 5.41) is 4.12. The molecule has 0 radical (unpaired) electrons. The number of benzene rings is 1. The molecule has 1 aromatic rings. The van der Waals surface area contributed by atoms with Crippen LogP contribution in [0.3, 0.4) is 0 Å². The van der Waals surface area contributed by atoms with Gasteiger partial charge in [-0.25, -0.2) is 0 Å². The maximum absolute atomic E-state index is 6.22. The van der Waals surface area contributed by atoms with E-state index in [0.717, 1.165) is 56.2 Å². The van der Waals surface area contributed by atoms with Crippen LogP contribution in [0.1, 0.15) is 25.3 Å². The molecule has 0 aliphatic carbocycles. The van der Waals surface area contributed by atoms with E-state index in [0.29, 0.717) is 11.6 Å². The first-order valence-electron chi connectivity index (χ1n) is 7.67. The van der Waals surface area contributed by atoms with E-state index in [1.54, 1.807) is 7.11 Å². The van der Waals surface area contributed by atoms with Gasteiger partial charge < -0.3 is 14.8 Å². The Bertz CT molecular complexity index is 453. The predicted molar refractivity (Wildman–Crippen MR) is 101 cm³/mol. The van der Waals surface area contributed by atoms with Crippen molar-refractivity contribution in [2.75, 3.05) is 39.9 Å². The van der Waals surface area contributed by atoms with Crippen LogP contribution in [0, 0.1) is 0 Å². The highest BCUT2D eigenvalue weighted by Crippen LogP contribution is 2.35. The summed E-state index contributed by atoms with van der Waals surface area (Å²) in [6.45, 7) is 7.89.